The first-order valence-electron chi connectivity index (χ1n) is 10.8. The van der Waals surface area contributed by atoms with Crippen LogP contribution in [0.2, 0.25) is 0 Å². The van der Waals surface area contributed by atoms with Crippen molar-refractivity contribution in [1.29, 1.82) is 0 Å². The van der Waals surface area contributed by atoms with E-state index < -0.39 is 29.5 Å². The number of carbonyl (C=O) groups is 1. The molecule has 0 spiro atoms. The van der Waals surface area contributed by atoms with Crippen molar-refractivity contribution >= 4 is 11.6 Å². The van der Waals surface area contributed by atoms with Crippen LogP contribution in [0.15, 0.2) is 83.0 Å². The third-order valence-corrected chi connectivity index (χ3v) is 5.82. The van der Waals surface area contributed by atoms with Crippen LogP contribution in [-0.2, 0) is 6.54 Å². The lowest BCUT2D eigenvalue weighted by Crippen LogP contribution is -2.45. The molecule has 9 heteroatoms. The van der Waals surface area contributed by atoms with E-state index in [1.165, 1.54) is 53.4 Å². The molecule has 0 fully saturated rings. The number of aromatic nitrogens is 2. The summed E-state index contributed by atoms with van der Waals surface area (Å²) in [5.74, 6) is -1.01. The van der Waals surface area contributed by atoms with Crippen LogP contribution in [0.3, 0.4) is 0 Å². The van der Waals surface area contributed by atoms with E-state index in [-0.39, 0.29) is 18.3 Å². The van der Waals surface area contributed by atoms with Crippen LogP contribution in [0, 0.1) is 17.5 Å². The van der Waals surface area contributed by atoms with Gasteiger partial charge in [0.15, 0.2) is 0 Å². The van der Waals surface area contributed by atoms with Crippen molar-refractivity contribution in [2.24, 2.45) is 0 Å². The van der Waals surface area contributed by atoms with Crippen LogP contribution in [0.5, 0.6) is 0 Å². The number of nitrogens with one attached hydrogen (secondary N) is 1. The molecule has 1 atom stereocenters. The highest BCUT2D eigenvalue weighted by Crippen LogP contribution is 2.38. The third-order valence-electron chi connectivity index (χ3n) is 5.82. The van der Waals surface area contributed by atoms with Crippen molar-refractivity contribution in [1.82, 2.24) is 20.4 Å². The minimum Gasteiger partial charge on any atom is -0.334 e. The highest BCUT2D eigenvalue weighted by molar-refractivity contribution is 5.86. The van der Waals surface area contributed by atoms with E-state index in [1.807, 2.05) is 0 Å². The Balaban J connectivity index is 1.61. The molecule has 2 heterocycles. The maximum Gasteiger partial charge on any atom is 0.322 e. The van der Waals surface area contributed by atoms with Crippen LogP contribution < -0.4 is 5.32 Å². The van der Waals surface area contributed by atoms with Crippen LogP contribution in [0.4, 0.5) is 18.0 Å². The molecule has 1 aliphatic rings. The van der Waals surface area contributed by atoms with Gasteiger partial charge in [0.1, 0.15) is 17.5 Å². The fourth-order valence-electron chi connectivity index (χ4n) is 4.03. The van der Waals surface area contributed by atoms with Gasteiger partial charge in [-0.3, -0.25) is 4.90 Å². The molecular weight excluding hydrogens is 457 g/mol. The summed E-state index contributed by atoms with van der Waals surface area (Å²) in [7, 11) is 0. The zero-order chi connectivity index (χ0) is 24.5. The number of hydrogen-bond acceptors (Lipinski definition) is 4. The van der Waals surface area contributed by atoms with Gasteiger partial charge in [0.25, 0.3) is 5.89 Å². The number of halogens is 3. The number of allylic oxidation sites excluding steroid dienone is 1. The normalized spacial score (nSPS) is 15.9. The number of rotatable bonds is 5. The summed E-state index contributed by atoms with van der Waals surface area (Å²) in [6.45, 7) is 1.64. The van der Waals surface area contributed by atoms with Crippen LogP contribution in [0.25, 0.3) is 17.0 Å². The van der Waals surface area contributed by atoms with Gasteiger partial charge in [-0.15, -0.1) is 0 Å². The third kappa shape index (κ3) is 4.40. The molecule has 0 saturated carbocycles. The molecule has 1 aromatic heterocycles. The Kier molecular flexibility index (Phi) is 5.82. The predicted octanol–water partition coefficient (Wildman–Crippen LogP) is 5.85. The SMILES string of the molecule is CC1=C(c2nc(-c3ccc(F)cc3)no2)C(c2cccc(F)c2)NC(=O)N1Cc1ccccc1F. The van der Waals surface area contributed by atoms with Crippen molar-refractivity contribution < 1.29 is 22.5 Å². The van der Waals surface area contributed by atoms with Crippen LogP contribution in [-0.4, -0.2) is 21.1 Å². The molecule has 0 aliphatic carbocycles. The first-order valence-corrected chi connectivity index (χ1v) is 10.8. The first kappa shape index (κ1) is 22.4. The largest absolute Gasteiger partial charge is 0.334 e. The van der Waals surface area contributed by atoms with E-state index in [4.69, 9.17) is 4.52 Å². The second-order valence-electron chi connectivity index (χ2n) is 8.04. The van der Waals surface area contributed by atoms with E-state index in [0.717, 1.165) is 0 Å². The predicted molar refractivity (Wildman–Crippen MR) is 122 cm³/mol. The molecule has 3 aromatic carbocycles. The Hall–Kier alpha value is -4.40. The van der Waals surface area contributed by atoms with Gasteiger partial charge in [-0.2, -0.15) is 4.98 Å². The molecule has 176 valence electrons. The Morgan fingerprint density at radius 1 is 0.971 bits per heavy atom. The Morgan fingerprint density at radius 2 is 1.74 bits per heavy atom. The van der Waals surface area contributed by atoms with Gasteiger partial charge < -0.3 is 9.84 Å². The Morgan fingerprint density at radius 3 is 2.49 bits per heavy atom. The number of nitrogens with zero attached hydrogens (tertiary/aromatic N) is 3. The van der Waals surface area contributed by atoms with E-state index in [2.05, 4.69) is 15.5 Å². The van der Waals surface area contributed by atoms with Crippen LogP contribution in [0.1, 0.15) is 30.0 Å². The minimum absolute atomic E-state index is 0.0390. The fourth-order valence-corrected chi connectivity index (χ4v) is 4.03. The molecule has 0 bridgehead atoms. The Bertz CT molecular complexity index is 1430. The Labute approximate surface area is 198 Å². The molecule has 5 rings (SSSR count). The fraction of sp³-hybridized carbons (Fsp3) is 0.115. The summed E-state index contributed by atoms with van der Waals surface area (Å²) in [6, 6.07) is 16.3. The van der Waals surface area contributed by atoms with Crippen molar-refractivity contribution in [2.45, 2.75) is 19.5 Å². The molecule has 6 nitrogen and oxygen atoms in total. The highest BCUT2D eigenvalue weighted by atomic mass is 19.1. The van der Waals surface area contributed by atoms with Gasteiger partial charge in [0.2, 0.25) is 5.82 Å². The van der Waals surface area contributed by atoms with Gasteiger partial charge in [0, 0.05) is 16.8 Å². The van der Waals surface area contributed by atoms with Crippen molar-refractivity contribution in [2.75, 3.05) is 0 Å². The molecule has 0 radical (unpaired) electrons. The summed E-state index contributed by atoms with van der Waals surface area (Å²) in [5.41, 5.74) is 2.21. The maximum absolute atomic E-state index is 14.3. The number of amides is 2. The van der Waals surface area contributed by atoms with Gasteiger partial charge in [-0.25, -0.2) is 18.0 Å². The average molecular weight is 476 g/mol. The molecular formula is C26H19F3N4O2. The van der Waals surface area contributed by atoms with Crippen molar-refractivity contribution in [3.8, 4) is 11.4 Å². The molecule has 1 N–H and O–H groups in total. The quantitative estimate of drug-likeness (QED) is 0.392. The molecule has 1 unspecified atom stereocenters. The summed E-state index contributed by atoms with van der Waals surface area (Å²) in [5, 5.41) is 6.85. The smallest absolute Gasteiger partial charge is 0.322 e. The summed E-state index contributed by atoms with van der Waals surface area (Å²) in [6.07, 6.45) is 0. The van der Waals surface area contributed by atoms with Crippen LogP contribution >= 0.6 is 0 Å². The second-order valence-corrected chi connectivity index (χ2v) is 8.04. The van der Waals surface area contributed by atoms with Gasteiger partial charge >= 0.3 is 6.03 Å². The summed E-state index contributed by atoms with van der Waals surface area (Å²) < 4.78 is 47.3. The lowest BCUT2D eigenvalue weighted by atomic mass is 9.94. The molecule has 35 heavy (non-hydrogen) atoms. The number of benzene rings is 3. The standard InChI is InChI=1S/C26H19F3N4O2/c1-15-22(25-31-24(32-35-25)16-9-11-19(27)12-10-16)23(17-6-4-7-20(28)13-17)30-26(34)33(15)14-18-5-2-3-8-21(18)29/h2-13,23H,14H2,1H3,(H,30,34). The topological polar surface area (TPSA) is 71.3 Å². The molecule has 4 aromatic rings. The second kappa shape index (κ2) is 9.09. The van der Waals surface area contributed by atoms with Gasteiger partial charge in [-0.1, -0.05) is 35.5 Å². The van der Waals surface area contributed by atoms with E-state index in [0.29, 0.717) is 28.0 Å². The van der Waals surface area contributed by atoms with E-state index >= 15 is 0 Å². The van der Waals surface area contributed by atoms with Gasteiger partial charge in [-0.05, 0) is 55.0 Å². The van der Waals surface area contributed by atoms with Crippen molar-refractivity contribution in [3.05, 3.63) is 113 Å². The number of hydrogen-bond donors (Lipinski definition) is 1. The van der Waals surface area contributed by atoms with E-state index in [9.17, 15) is 18.0 Å². The van der Waals surface area contributed by atoms with Gasteiger partial charge in [0.05, 0.1) is 18.2 Å². The highest BCUT2D eigenvalue weighted by Gasteiger charge is 2.36. The first-order chi connectivity index (χ1) is 16.9. The number of carbonyl (C=O) groups excluding carboxylic acids is 1. The summed E-state index contributed by atoms with van der Waals surface area (Å²) in [4.78, 5) is 18.9. The maximum atomic E-state index is 14.3. The zero-order valence-electron chi connectivity index (χ0n) is 18.5. The monoisotopic (exact) mass is 476 g/mol. The number of urea groups is 1. The molecule has 0 saturated heterocycles. The van der Waals surface area contributed by atoms with Crippen molar-refractivity contribution in [3.63, 3.8) is 0 Å². The summed E-state index contributed by atoms with van der Waals surface area (Å²) >= 11 is 0. The molecule has 2 amide bonds. The zero-order valence-corrected chi connectivity index (χ0v) is 18.5. The lowest BCUT2D eigenvalue weighted by Gasteiger charge is -2.35. The van der Waals surface area contributed by atoms with E-state index in [1.54, 1.807) is 31.2 Å². The molecule has 1 aliphatic heterocycles. The lowest BCUT2D eigenvalue weighted by molar-refractivity contribution is 0.202. The average Bonchev–Trinajstić information content (AvgIpc) is 3.32. The minimum atomic E-state index is -0.795.